The average molecular weight is 547 g/mol. The highest BCUT2D eigenvalue weighted by atomic mass is 16.5. The molecular weight excluding hydrogens is 516 g/mol. The predicted molar refractivity (Wildman–Crippen MR) is 147 cm³/mol. The molecule has 0 spiro atoms. The first-order valence-electron chi connectivity index (χ1n) is 12.9. The third kappa shape index (κ3) is 5.44. The maximum atomic E-state index is 12.8. The predicted octanol–water partition coefficient (Wildman–Crippen LogP) is 3.29. The van der Waals surface area contributed by atoms with Gasteiger partial charge in [-0.05, 0) is 43.2 Å². The standard InChI is InChI=1S/C28H30N6O6/c1-3-39-14-21-32-24-25-23-18(28(2,38)15-34(21)25)5-4-6-19(23)31-26(24)33-27(37)40-13-16-7-9-17(10-8-16)30-22(36)12-11-20(29)35/h4-10,38H,3,11-15H2,1-2H3,(H2,29,35)(H,30,36)(H,31,33,37). The summed E-state index contributed by atoms with van der Waals surface area (Å²) < 4.78 is 13.0. The quantitative estimate of drug-likeness (QED) is 0.235. The van der Waals surface area contributed by atoms with Crippen LogP contribution in [0.25, 0.3) is 21.9 Å². The lowest BCUT2D eigenvalue weighted by atomic mass is 9.89. The lowest BCUT2D eigenvalue weighted by Gasteiger charge is -2.31. The number of primary amides is 1. The molecule has 1 unspecified atom stereocenters. The Morgan fingerprint density at radius 1 is 1.07 bits per heavy atom. The van der Waals surface area contributed by atoms with Crippen LogP contribution in [0.1, 0.15) is 43.6 Å². The number of nitrogens with two attached hydrogens (primary N) is 1. The molecule has 12 nitrogen and oxygen atoms in total. The number of amides is 3. The van der Waals surface area contributed by atoms with Crippen LogP contribution < -0.4 is 16.4 Å². The van der Waals surface area contributed by atoms with Crippen LogP contribution in [0, 0.1) is 0 Å². The first-order valence-corrected chi connectivity index (χ1v) is 12.9. The van der Waals surface area contributed by atoms with Crippen molar-refractivity contribution >= 4 is 51.3 Å². The van der Waals surface area contributed by atoms with E-state index in [1.165, 1.54) is 0 Å². The van der Waals surface area contributed by atoms with Gasteiger partial charge in [-0.15, -0.1) is 0 Å². The molecule has 1 aliphatic rings. The molecule has 12 heteroatoms. The van der Waals surface area contributed by atoms with Gasteiger partial charge in [0.2, 0.25) is 11.8 Å². The van der Waals surface area contributed by atoms with E-state index in [9.17, 15) is 19.5 Å². The highest BCUT2D eigenvalue weighted by molar-refractivity contribution is 6.11. The number of imidazole rings is 1. The minimum absolute atomic E-state index is 0.00241. The van der Waals surface area contributed by atoms with E-state index in [1.54, 1.807) is 31.2 Å². The van der Waals surface area contributed by atoms with E-state index in [0.29, 0.717) is 34.7 Å². The summed E-state index contributed by atoms with van der Waals surface area (Å²) >= 11 is 0. The van der Waals surface area contributed by atoms with E-state index in [2.05, 4.69) is 15.6 Å². The molecule has 3 amide bonds. The summed E-state index contributed by atoms with van der Waals surface area (Å²) in [6.07, 6.45) is -0.734. The molecule has 0 aliphatic carbocycles. The number of rotatable bonds is 10. The maximum absolute atomic E-state index is 12.8. The van der Waals surface area contributed by atoms with Crippen LogP contribution in [0.4, 0.5) is 16.3 Å². The summed E-state index contributed by atoms with van der Waals surface area (Å²) in [6.45, 7) is 4.67. The summed E-state index contributed by atoms with van der Waals surface area (Å²) in [5, 5.41) is 17.4. The van der Waals surface area contributed by atoms with Crippen LogP contribution in [-0.2, 0) is 44.4 Å². The topological polar surface area (TPSA) is 171 Å². The molecule has 0 bridgehead atoms. The number of nitrogens with one attached hydrogen (secondary N) is 2. The van der Waals surface area contributed by atoms with E-state index in [1.807, 2.05) is 29.7 Å². The van der Waals surface area contributed by atoms with Crippen LogP contribution >= 0.6 is 0 Å². The lowest BCUT2D eigenvalue weighted by molar-refractivity contribution is -0.122. The molecule has 0 radical (unpaired) electrons. The first-order chi connectivity index (χ1) is 19.2. The monoisotopic (exact) mass is 546 g/mol. The number of nitrogens with zero attached hydrogens (tertiary/aromatic N) is 3. The Labute approximate surface area is 229 Å². The fourth-order valence-electron chi connectivity index (χ4n) is 4.80. The maximum Gasteiger partial charge on any atom is 0.413 e. The number of hydrogen-bond donors (Lipinski definition) is 4. The van der Waals surface area contributed by atoms with Crippen LogP contribution in [0.5, 0.6) is 0 Å². The molecule has 1 atom stereocenters. The normalized spacial score (nSPS) is 15.9. The fourth-order valence-corrected chi connectivity index (χ4v) is 4.80. The van der Waals surface area contributed by atoms with Gasteiger partial charge in [-0.2, -0.15) is 0 Å². The summed E-state index contributed by atoms with van der Waals surface area (Å²) in [6, 6.07) is 12.3. The van der Waals surface area contributed by atoms with Gasteiger partial charge in [0, 0.05) is 30.5 Å². The van der Waals surface area contributed by atoms with Gasteiger partial charge in [-0.1, -0.05) is 24.3 Å². The Hall–Kier alpha value is -4.55. The molecule has 1 aliphatic heterocycles. The van der Waals surface area contributed by atoms with Gasteiger partial charge in [-0.25, -0.2) is 14.8 Å². The summed E-state index contributed by atoms with van der Waals surface area (Å²) in [5.74, 6) is 0.00969. The smallest absolute Gasteiger partial charge is 0.413 e. The SMILES string of the molecule is CCOCc1nc2c(NC(=O)OCc3ccc(NC(=O)CCC(N)=O)cc3)nc3cccc4c3c2n1CC4(C)O. The number of aromatic nitrogens is 3. The van der Waals surface area contributed by atoms with Crippen LogP contribution in [0.3, 0.4) is 0 Å². The number of carbonyl (C=O) groups is 3. The van der Waals surface area contributed by atoms with Gasteiger partial charge in [-0.3, -0.25) is 14.9 Å². The lowest BCUT2D eigenvalue weighted by Crippen LogP contribution is -2.32. The zero-order chi connectivity index (χ0) is 28.4. The van der Waals surface area contributed by atoms with E-state index in [-0.39, 0.29) is 44.3 Å². The van der Waals surface area contributed by atoms with Crippen molar-refractivity contribution in [2.24, 2.45) is 5.73 Å². The van der Waals surface area contributed by atoms with Gasteiger partial charge >= 0.3 is 6.09 Å². The minimum Gasteiger partial charge on any atom is -0.444 e. The number of ether oxygens (including phenoxy) is 2. The highest BCUT2D eigenvalue weighted by Gasteiger charge is 2.35. The van der Waals surface area contributed by atoms with Gasteiger partial charge in [0.1, 0.15) is 30.2 Å². The summed E-state index contributed by atoms with van der Waals surface area (Å²) in [7, 11) is 0. The zero-order valence-electron chi connectivity index (χ0n) is 22.2. The van der Waals surface area contributed by atoms with E-state index in [4.69, 9.17) is 20.2 Å². The Balaban J connectivity index is 1.33. The largest absolute Gasteiger partial charge is 0.444 e. The van der Waals surface area contributed by atoms with E-state index in [0.717, 1.165) is 16.5 Å². The van der Waals surface area contributed by atoms with Crippen molar-refractivity contribution in [3.05, 3.63) is 59.4 Å². The molecular formula is C28H30N6O6. The second-order valence-corrected chi connectivity index (χ2v) is 9.80. The fraction of sp³-hybridized carbons (Fsp3) is 0.321. The summed E-state index contributed by atoms with van der Waals surface area (Å²) in [4.78, 5) is 44.9. The third-order valence-electron chi connectivity index (χ3n) is 6.69. The second kappa shape index (κ2) is 10.9. The Kier molecular flexibility index (Phi) is 7.37. The Morgan fingerprint density at radius 2 is 1.85 bits per heavy atom. The number of pyridine rings is 1. The van der Waals surface area contributed by atoms with Crippen molar-refractivity contribution in [3.63, 3.8) is 0 Å². The van der Waals surface area contributed by atoms with Gasteiger partial charge in [0.15, 0.2) is 5.82 Å². The molecule has 2 aromatic heterocycles. The second-order valence-electron chi connectivity index (χ2n) is 9.80. The molecule has 0 fully saturated rings. The molecule has 3 heterocycles. The van der Waals surface area contributed by atoms with Crippen LogP contribution in [-0.4, -0.2) is 44.2 Å². The Morgan fingerprint density at radius 3 is 2.58 bits per heavy atom. The number of benzene rings is 2. The van der Waals surface area contributed by atoms with E-state index >= 15 is 0 Å². The number of aliphatic hydroxyl groups is 1. The number of carbonyl (C=O) groups excluding carboxylic acids is 3. The van der Waals surface area contributed by atoms with Crippen molar-refractivity contribution in [1.82, 2.24) is 14.5 Å². The van der Waals surface area contributed by atoms with Crippen molar-refractivity contribution < 1.29 is 29.0 Å². The molecule has 208 valence electrons. The molecule has 2 aromatic carbocycles. The van der Waals surface area contributed by atoms with Crippen molar-refractivity contribution in [2.45, 2.75) is 52.0 Å². The van der Waals surface area contributed by atoms with Gasteiger partial charge in [0.05, 0.1) is 17.6 Å². The van der Waals surface area contributed by atoms with Crippen LogP contribution in [0.2, 0.25) is 0 Å². The Bertz CT molecular complexity index is 1610. The minimum atomic E-state index is -1.13. The van der Waals surface area contributed by atoms with Crippen molar-refractivity contribution in [1.29, 1.82) is 0 Å². The number of anilines is 2. The molecule has 40 heavy (non-hydrogen) atoms. The average Bonchev–Trinajstić information content (AvgIpc) is 3.28. The molecule has 4 aromatic rings. The third-order valence-corrected chi connectivity index (χ3v) is 6.69. The van der Waals surface area contributed by atoms with Crippen LogP contribution in [0.15, 0.2) is 42.5 Å². The number of hydrogen-bond acceptors (Lipinski definition) is 8. The van der Waals surface area contributed by atoms with Crippen molar-refractivity contribution in [2.75, 3.05) is 17.2 Å². The molecule has 0 saturated heterocycles. The zero-order valence-corrected chi connectivity index (χ0v) is 22.2. The molecule has 5 rings (SSSR count). The van der Waals surface area contributed by atoms with Gasteiger partial charge < -0.3 is 30.2 Å². The van der Waals surface area contributed by atoms with Gasteiger partial charge in [0.25, 0.3) is 0 Å². The summed E-state index contributed by atoms with van der Waals surface area (Å²) in [5.41, 5.74) is 7.80. The molecule has 0 saturated carbocycles. The molecule has 5 N–H and O–H groups in total. The first kappa shape index (κ1) is 27.0. The van der Waals surface area contributed by atoms with Crippen molar-refractivity contribution in [3.8, 4) is 0 Å². The highest BCUT2D eigenvalue weighted by Crippen LogP contribution is 2.41. The van der Waals surface area contributed by atoms with E-state index < -0.39 is 17.6 Å².